The van der Waals surface area contributed by atoms with Crippen LogP contribution < -0.4 is 0 Å². The molecule has 5 rings (SSSR count). The third kappa shape index (κ3) is 5.72. The van der Waals surface area contributed by atoms with E-state index in [4.69, 9.17) is 23.2 Å². The maximum Gasteiger partial charge on any atom is 0.232 e. The molecule has 0 saturated carbocycles. The molecule has 216 valence electrons. The van der Waals surface area contributed by atoms with Gasteiger partial charge >= 0.3 is 0 Å². The molecule has 0 bridgehead atoms. The van der Waals surface area contributed by atoms with E-state index in [0.717, 1.165) is 35.7 Å². The van der Waals surface area contributed by atoms with E-state index in [-0.39, 0.29) is 29.8 Å². The summed E-state index contributed by atoms with van der Waals surface area (Å²) in [5, 5.41) is 1.44. The Morgan fingerprint density at radius 3 is 2.61 bits per heavy atom. The number of benzene rings is 2. The highest BCUT2D eigenvalue weighted by Gasteiger charge is 2.58. The number of amides is 3. The van der Waals surface area contributed by atoms with Gasteiger partial charge in [0.05, 0.1) is 16.5 Å². The molecule has 7 nitrogen and oxygen atoms in total. The normalized spacial score (nSPS) is 21.4. The summed E-state index contributed by atoms with van der Waals surface area (Å²) in [6, 6.07) is 9.40. The lowest BCUT2D eigenvalue weighted by Crippen LogP contribution is -2.54. The van der Waals surface area contributed by atoms with Crippen molar-refractivity contribution < 1.29 is 18.8 Å². The standard InChI is InChI=1S/C31H33Cl2FN4O3/c1-2-3-4-5-10-31(30(41)37-13-11-36(20-39)12-14-37)17-28(40)38(19-21-6-9-25(33)26(34)15-21)29(31)24-18-35-27-16-22(32)7-8-23(24)27/h4-9,15-16,18,20,29,35H,2-3,10-14,17,19H2,1H3. The summed E-state index contributed by atoms with van der Waals surface area (Å²) in [5.74, 6) is -0.861. The monoisotopic (exact) mass is 598 g/mol. The Bertz CT molecular complexity index is 1480. The highest BCUT2D eigenvalue weighted by Crippen LogP contribution is 2.54. The van der Waals surface area contributed by atoms with Gasteiger partial charge < -0.3 is 19.7 Å². The number of hydrogen-bond acceptors (Lipinski definition) is 3. The predicted octanol–water partition coefficient (Wildman–Crippen LogP) is 6.12. The highest BCUT2D eigenvalue weighted by atomic mass is 35.5. The molecule has 3 heterocycles. The fourth-order valence-corrected chi connectivity index (χ4v) is 6.41. The lowest BCUT2D eigenvalue weighted by atomic mass is 9.72. The van der Waals surface area contributed by atoms with E-state index in [1.807, 2.05) is 24.4 Å². The SMILES string of the molecule is CCCC=CCC1(C(=O)N2CCN(C=O)CC2)CC(=O)N(Cc2ccc(Cl)c(F)c2)C1c1c[nH]c2cc(Cl)ccc12. The van der Waals surface area contributed by atoms with Crippen LogP contribution in [0.25, 0.3) is 10.9 Å². The third-order valence-corrected chi connectivity index (χ3v) is 8.75. The van der Waals surface area contributed by atoms with E-state index in [1.54, 1.807) is 26.8 Å². The summed E-state index contributed by atoms with van der Waals surface area (Å²) in [5.41, 5.74) is 1.08. The number of aromatic amines is 1. The molecule has 1 N–H and O–H groups in total. The highest BCUT2D eigenvalue weighted by molar-refractivity contribution is 6.31. The van der Waals surface area contributed by atoms with Gasteiger partial charge in [-0.2, -0.15) is 0 Å². The van der Waals surface area contributed by atoms with Crippen molar-refractivity contribution in [2.75, 3.05) is 26.2 Å². The van der Waals surface area contributed by atoms with Gasteiger partial charge in [-0.15, -0.1) is 0 Å². The Morgan fingerprint density at radius 1 is 1.12 bits per heavy atom. The summed E-state index contributed by atoms with van der Waals surface area (Å²) in [6.45, 7) is 3.87. The fourth-order valence-electron chi connectivity index (χ4n) is 6.12. The quantitative estimate of drug-likeness (QED) is 0.238. The van der Waals surface area contributed by atoms with Crippen LogP contribution in [-0.2, 0) is 20.9 Å². The first-order chi connectivity index (χ1) is 19.8. The van der Waals surface area contributed by atoms with Crippen molar-refractivity contribution in [3.05, 3.63) is 81.7 Å². The second-order valence-electron chi connectivity index (χ2n) is 10.8. The zero-order valence-corrected chi connectivity index (χ0v) is 24.4. The van der Waals surface area contributed by atoms with Crippen LogP contribution in [0.3, 0.4) is 0 Å². The molecule has 0 aliphatic carbocycles. The van der Waals surface area contributed by atoms with Crippen LogP contribution in [0.1, 0.15) is 49.8 Å². The molecule has 2 fully saturated rings. The molecule has 1 aromatic heterocycles. The summed E-state index contributed by atoms with van der Waals surface area (Å²) < 4.78 is 14.4. The molecule has 0 radical (unpaired) electrons. The molecule has 10 heteroatoms. The molecular weight excluding hydrogens is 566 g/mol. The number of H-pyrrole nitrogens is 1. The van der Waals surface area contributed by atoms with Gasteiger partial charge in [-0.1, -0.05) is 60.8 Å². The molecule has 2 aromatic carbocycles. The largest absolute Gasteiger partial charge is 0.361 e. The average molecular weight is 600 g/mol. The van der Waals surface area contributed by atoms with Gasteiger partial charge in [0, 0.05) is 66.8 Å². The minimum absolute atomic E-state index is 0.00612. The Morgan fingerprint density at radius 2 is 1.90 bits per heavy atom. The van der Waals surface area contributed by atoms with Crippen molar-refractivity contribution in [3.63, 3.8) is 0 Å². The lowest BCUT2D eigenvalue weighted by molar-refractivity contribution is -0.147. The Labute approximate surface area is 248 Å². The number of likely N-dealkylation sites (tertiary alicyclic amines) is 1. The maximum atomic E-state index is 14.6. The number of rotatable bonds is 9. The van der Waals surface area contributed by atoms with E-state index in [1.165, 1.54) is 12.1 Å². The van der Waals surface area contributed by atoms with Crippen molar-refractivity contribution in [1.82, 2.24) is 19.7 Å². The van der Waals surface area contributed by atoms with Gasteiger partial charge in [-0.3, -0.25) is 14.4 Å². The summed E-state index contributed by atoms with van der Waals surface area (Å²) in [6.07, 6.45) is 8.93. The van der Waals surface area contributed by atoms with E-state index in [0.29, 0.717) is 43.2 Å². The second-order valence-corrected chi connectivity index (χ2v) is 11.7. The number of halogens is 3. The number of fused-ring (bicyclic) bond motifs is 1. The van der Waals surface area contributed by atoms with Crippen LogP contribution in [0.15, 0.2) is 54.7 Å². The average Bonchev–Trinajstić information content (AvgIpc) is 3.50. The van der Waals surface area contributed by atoms with Gasteiger partial charge in [0.2, 0.25) is 18.2 Å². The summed E-state index contributed by atoms with van der Waals surface area (Å²) in [4.78, 5) is 48.3. The van der Waals surface area contributed by atoms with Crippen LogP contribution in [0.2, 0.25) is 10.0 Å². The molecular formula is C31H33Cl2FN4O3. The molecule has 0 spiro atoms. The third-order valence-electron chi connectivity index (χ3n) is 8.21. The zero-order chi connectivity index (χ0) is 29.1. The van der Waals surface area contributed by atoms with Gasteiger partial charge in [-0.25, -0.2) is 4.39 Å². The zero-order valence-electron chi connectivity index (χ0n) is 22.9. The van der Waals surface area contributed by atoms with Crippen LogP contribution in [0, 0.1) is 11.2 Å². The van der Waals surface area contributed by atoms with Crippen LogP contribution in [0.4, 0.5) is 4.39 Å². The number of carbonyl (C=O) groups is 3. The topological polar surface area (TPSA) is 76.7 Å². The minimum Gasteiger partial charge on any atom is -0.361 e. The predicted molar refractivity (Wildman–Crippen MR) is 158 cm³/mol. The number of aromatic nitrogens is 1. The first kappa shape index (κ1) is 29.1. The molecule has 3 amide bonds. The maximum absolute atomic E-state index is 14.6. The first-order valence-corrected chi connectivity index (χ1v) is 14.7. The fraction of sp³-hybridized carbons (Fsp3) is 0.387. The van der Waals surface area contributed by atoms with E-state index in [9.17, 15) is 18.8 Å². The van der Waals surface area contributed by atoms with Crippen molar-refractivity contribution in [1.29, 1.82) is 0 Å². The second kappa shape index (κ2) is 12.2. The smallest absolute Gasteiger partial charge is 0.232 e. The van der Waals surface area contributed by atoms with Crippen molar-refractivity contribution in [2.24, 2.45) is 5.41 Å². The number of hydrogen-bond donors (Lipinski definition) is 1. The van der Waals surface area contributed by atoms with Crippen LogP contribution in [-0.4, -0.2) is 64.1 Å². The summed E-state index contributed by atoms with van der Waals surface area (Å²) in [7, 11) is 0. The number of carbonyl (C=O) groups excluding carboxylic acids is 3. The van der Waals surface area contributed by atoms with E-state index in [2.05, 4.69) is 18.0 Å². The van der Waals surface area contributed by atoms with E-state index >= 15 is 0 Å². The van der Waals surface area contributed by atoms with Crippen LogP contribution >= 0.6 is 23.2 Å². The van der Waals surface area contributed by atoms with Gasteiger partial charge in [0.1, 0.15) is 5.82 Å². The number of piperazine rings is 1. The van der Waals surface area contributed by atoms with Crippen molar-refractivity contribution >= 4 is 52.3 Å². The molecule has 2 atom stereocenters. The number of unbranched alkanes of at least 4 members (excludes halogenated alkanes) is 1. The summed E-state index contributed by atoms with van der Waals surface area (Å²) >= 11 is 12.2. The Kier molecular flexibility index (Phi) is 8.71. The minimum atomic E-state index is -1.11. The molecule has 2 aliphatic heterocycles. The van der Waals surface area contributed by atoms with Gasteiger partial charge in [0.15, 0.2) is 0 Å². The molecule has 2 aliphatic rings. The number of nitrogens with zero attached hydrogens (tertiary/aromatic N) is 3. The first-order valence-electron chi connectivity index (χ1n) is 13.9. The lowest BCUT2D eigenvalue weighted by Gasteiger charge is -2.42. The van der Waals surface area contributed by atoms with Gasteiger partial charge in [-0.05, 0) is 42.7 Å². The van der Waals surface area contributed by atoms with Gasteiger partial charge in [0.25, 0.3) is 0 Å². The Balaban J connectivity index is 1.63. The molecule has 2 unspecified atom stereocenters. The molecule has 3 aromatic rings. The van der Waals surface area contributed by atoms with Crippen molar-refractivity contribution in [3.8, 4) is 0 Å². The van der Waals surface area contributed by atoms with Crippen molar-refractivity contribution in [2.45, 2.75) is 45.2 Å². The van der Waals surface area contributed by atoms with E-state index < -0.39 is 17.3 Å². The Hall–Kier alpha value is -3.36. The molecule has 2 saturated heterocycles. The molecule has 41 heavy (non-hydrogen) atoms. The number of allylic oxidation sites excluding steroid dienone is 2. The van der Waals surface area contributed by atoms with Crippen LogP contribution in [0.5, 0.6) is 0 Å². The number of nitrogens with one attached hydrogen (secondary N) is 1.